The molecule has 1 aromatic carbocycles. The SMILES string of the molecule is COCc1nn2c(nnc3c(=O)n(C(C(=O)O)C(C)C)cnc32)c1-c1ccccc1. The number of ether oxygens (including phenoxy) is 1. The number of hydrogen-bond donors (Lipinski definition) is 1. The van der Waals surface area contributed by atoms with Crippen molar-refractivity contribution in [2.75, 3.05) is 7.11 Å². The Hall–Kier alpha value is -3.66. The lowest BCUT2D eigenvalue weighted by atomic mass is 10.0. The average Bonchev–Trinajstić information content (AvgIpc) is 3.08. The van der Waals surface area contributed by atoms with Crippen LogP contribution in [0, 0.1) is 5.92 Å². The molecule has 0 amide bonds. The number of carbonyl (C=O) groups is 1. The quantitative estimate of drug-likeness (QED) is 0.513. The fourth-order valence-electron chi connectivity index (χ4n) is 3.54. The van der Waals surface area contributed by atoms with Gasteiger partial charge in [0.2, 0.25) is 0 Å². The molecule has 3 heterocycles. The standard InChI is InChI=1S/C20H20N6O4/c1-11(2)16(20(28)29)25-10-21-18-15(19(25)27)22-23-17-14(12-7-5-4-6-8-12)13(9-30-3)24-26(17)18/h4-8,10-11,16H,9H2,1-3H3,(H,28,29). The number of carboxylic acid groups (broad SMARTS) is 1. The minimum Gasteiger partial charge on any atom is -0.480 e. The first-order chi connectivity index (χ1) is 14.4. The maximum Gasteiger partial charge on any atom is 0.327 e. The van der Waals surface area contributed by atoms with Gasteiger partial charge in [-0.2, -0.15) is 9.61 Å². The van der Waals surface area contributed by atoms with E-state index in [0.717, 1.165) is 15.7 Å². The molecule has 154 valence electrons. The van der Waals surface area contributed by atoms with Crippen LogP contribution in [0.2, 0.25) is 0 Å². The summed E-state index contributed by atoms with van der Waals surface area (Å²) in [5.41, 5.74) is 2.25. The minimum absolute atomic E-state index is 0.0528. The molecule has 4 rings (SSSR count). The van der Waals surface area contributed by atoms with Gasteiger partial charge in [0.15, 0.2) is 16.8 Å². The summed E-state index contributed by atoms with van der Waals surface area (Å²) in [7, 11) is 1.57. The maximum absolute atomic E-state index is 13.0. The van der Waals surface area contributed by atoms with Gasteiger partial charge in [-0.15, -0.1) is 10.2 Å². The highest BCUT2D eigenvalue weighted by molar-refractivity contribution is 5.83. The van der Waals surface area contributed by atoms with Crippen molar-refractivity contribution in [2.24, 2.45) is 5.92 Å². The van der Waals surface area contributed by atoms with Crippen molar-refractivity contribution in [1.82, 2.24) is 29.4 Å². The molecule has 0 aliphatic heterocycles. The molecular weight excluding hydrogens is 388 g/mol. The van der Waals surface area contributed by atoms with Crippen LogP contribution in [-0.2, 0) is 16.1 Å². The van der Waals surface area contributed by atoms with E-state index in [4.69, 9.17) is 4.74 Å². The normalized spacial score (nSPS) is 12.7. The van der Waals surface area contributed by atoms with E-state index in [0.29, 0.717) is 11.3 Å². The summed E-state index contributed by atoms with van der Waals surface area (Å²) < 4.78 is 7.81. The van der Waals surface area contributed by atoms with Crippen LogP contribution in [0.4, 0.5) is 0 Å². The second-order valence-corrected chi connectivity index (χ2v) is 7.21. The minimum atomic E-state index is -1.12. The molecule has 0 aliphatic carbocycles. The maximum atomic E-state index is 13.0. The van der Waals surface area contributed by atoms with Crippen molar-refractivity contribution in [2.45, 2.75) is 26.5 Å². The Kier molecular flexibility index (Phi) is 5.00. The van der Waals surface area contributed by atoms with Crippen LogP contribution in [-0.4, -0.2) is 47.5 Å². The topological polar surface area (TPSA) is 124 Å². The van der Waals surface area contributed by atoms with Crippen molar-refractivity contribution >= 4 is 22.8 Å². The summed E-state index contributed by atoms with van der Waals surface area (Å²) >= 11 is 0. The smallest absolute Gasteiger partial charge is 0.327 e. The number of aliphatic carboxylic acids is 1. The van der Waals surface area contributed by atoms with Gasteiger partial charge in [-0.25, -0.2) is 9.78 Å². The van der Waals surface area contributed by atoms with Gasteiger partial charge < -0.3 is 9.84 Å². The third kappa shape index (κ3) is 3.11. The first-order valence-electron chi connectivity index (χ1n) is 9.36. The van der Waals surface area contributed by atoms with Crippen LogP contribution in [0.5, 0.6) is 0 Å². The fourth-order valence-corrected chi connectivity index (χ4v) is 3.54. The third-order valence-electron chi connectivity index (χ3n) is 4.86. The molecule has 0 saturated heterocycles. The molecule has 0 fully saturated rings. The average molecular weight is 408 g/mol. The largest absolute Gasteiger partial charge is 0.480 e. The van der Waals surface area contributed by atoms with Crippen molar-refractivity contribution in [3.63, 3.8) is 0 Å². The highest BCUT2D eigenvalue weighted by atomic mass is 16.5. The Bertz CT molecular complexity index is 1300. The molecular formula is C20H20N6O4. The molecule has 1 N–H and O–H groups in total. The number of aromatic nitrogens is 6. The first kappa shape index (κ1) is 19.6. The number of rotatable bonds is 6. The van der Waals surface area contributed by atoms with Crippen molar-refractivity contribution in [3.05, 3.63) is 52.7 Å². The zero-order chi connectivity index (χ0) is 21.4. The second kappa shape index (κ2) is 7.64. The Morgan fingerprint density at radius 1 is 1.17 bits per heavy atom. The van der Waals surface area contributed by atoms with Crippen LogP contribution >= 0.6 is 0 Å². The van der Waals surface area contributed by atoms with E-state index >= 15 is 0 Å². The summed E-state index contributed by atoms with van der Waals surface area (Å²) in [6, 6.07) is 8.50. The summed E-state index contributed by atoms with van der Waals surface area (Å²) in [6.45, 7) is 3.68. The molecule has 4 aromatic rings. The van der Waals surface area contributed by atoms with Gasteiger partial charge in [0.05, 0.1) is 17.9 Å². The van der Waals surface area contributed by atoms with Gasteiger partial charge in [0.1, 0.15) is 12.4 Å². The number of benzene rings is 1. The summed E-state index contributed by atoms with van der Waals surface area (Å²) in [5, 5.41) is 22.4. The van der Waals surface area contributed by atoms with Gasteiger partial charge in [0, 0.05) is 7.11 Å². The molecule has 0 aliphatic rings. The van der Waals surface area contributed by atoms with E-state index in [1.54, 1.807) is 21.0 Å². The number of hydrogen-bond acceptors (Lipinski definition) is 7. The molecule has 0 radical (unpaired) electrons. The van der Waals surface area contributed by atoms with Crippen molar-refractivity contribution in [1.29, 1.82) is 0 Å². The summed E-state index contributed by atoms with van der Waals surface area (Å²) in [5.74, 6) is -1.44. The molecule has 0 bridgehead atoms. The number of carboxylic acids is 1. The molecule has 1 atom stereocenters. The molecule has 10 nitrogen and oxygen atoms in total. The Labute approximate surface area is 170 Å². The molecule has 30 heavy (non-hydrogen) atoms. The van der Waals surface area contributed by atoms with E-state index in [-0.39, 0.29) is 23.7 Å². The highest BCUT2D eigenvalue weighted by Crippen LogP contribution is 2.28. The van der Waals surface area contributed by atoms with Gasteiger partial charge in [-0.05, 0) is 11.5 Å². The summed E-state index contributed by atoms with van der Waals surface area (Å²) in [6.07, 6.45) is 1.23. The van der Waals surface area contributed by atoms with Crippen LogP contribution in [0.25, 0.3) is 27.9 Å². The lowest BCUT2D eigenvalue weighted by Gasteiger charge is -2.18. The van der Waals surface area contributed by atoms with Crippen LogP contribution in [0.15, 0.2) is 41.5 Å². The molecule has 10 heteroatoms. The van der Waals surface area contributed by atoms with Gasteiger partial charge in [-0.1, -0.05) is 44.2 Å². The lowest BCUT2D eigenvalue weighted by Crippen LogP contribution is -2.34. The highest BCUT2D eigenvalue weighted by Gasteiger charge is 2.27. The van der Waals surface area contributed by atoms with E-state index < -0.39 is 17.6 Å². The zero-order valence-electron chi connectivity index (χ0n) is 16.7. The van der Waals surface area contributed by atoms with Gasteiger partial charge in [0.25, 0.3) is 5.56 Å². The first-order valence-corrected chi connectivity index (χ1v) is 9.36. The van der Waals surface area contributed by atoms with E-state index in [9.17, 15) is 14.7 Å². The van der Waals surface area contributed by atoms with Crippen molar-refractivity contribution < 1.29 is 14.6 Å². The molecule has 0 spiro atoms. The Balaban J connectivity index is 2.00. The summed E-state index contributed by atoms with van der Waals surface area (Å²) in [4.78, 5) is 29.0. The number of methoxy groups -OCH3 is 1. The predicted octanol–water partition coefficient (Wildman–Crippen LogP) is 1.93. The fraction of sp³-hybridized carbons (Fsp3) is 0.300. The number of fused-ring (bicyclic) bond motifs is 3. The number of nitrogens with zero attached hydrogens (tertiary/aromatic N) is 6. The van der Waals surface area contributed by atoms with E-state index in [1.807, 2.05) is 30.3 Å². The monoisotopic (exact) mass is 408 g/mol. The third-order valence-corrected chi connectivity index (χ3v) is 4.86. The zero-order valence-corrected chi connectivity index (χ0v) is 16.7. The Morgan fingerprint density at radius 3 is 2.53 bits per heavy atom. The Morgan fingerprint density at radius 2 is 1.90 bits per heavy atom. The molecule has 3 aromatic heterocycles. The van der Waals surface area contributed by atoms with Crippen molar-refractivity contribution in [3.8, 4) is 11.1 Å². The van der Waals surface area contributed by atoms with Gasteiger partial charge in [-0.3, -0.25) is 9.36 Å². The molecule has 0 saturated carbocycles. The van der Waals surface area contributed by atoms with Crippen LogP contribution < -0.4 is 5.56 Å². The molecule has 1 unspecified atom stereocenters. The second-order valence-electron chi connectivity index (χ2n) is 7.21. The lowest BCUT2D eigenvalue weighted by molar-refractivity contribution is -0.142. The van der Waals surface area contributed by atoms with E-state index in [1.165, 1.54) is 10.8 Å². The van der Waals surface area contributed by atoms with Gasteiger partial charge >= 0.3 is 5.97 Å². The van der Waals surface area contributed by atoms with Crippen LogP contribution in [0.3, 0.4) is 0 Å². The van der Waals surface area contributed by atoms with Crippen LogP contribution in [0.1, 0.15) is 25.6 Å². The van der Waals surface area contributed by atoms with E-state index in [2.05, 4.69) is 20.3 Å². The predicted molar refractivity (Wildman–Crippen MR) is 108 cm³/mol.